The van der Waals surface area contributed by atoms with Gasteiger partial charge in [-0.1, -0.05) is 0 Å². The molecule has 4 heteroatoms. The summed E-state index contributed by atoms with van der Waals surface area (Å²) in [5.41, 5.74) is -0.181. The molecule has 2 rings (SSSR count). The van der Waals surface area contributed by atoms with Crippen LogP contribution in [0.2, 0.25) is 0 Å². The quantitative estimate of drug-likeness (QED) is 0.796. The van der Waals surface area contributed by atoms with Crippen molar-refractivity contribution in [2.75, 3.05) is 39.9 Å². The van der Waals surface area contributed by atoms with Crippen LogP contribution in [0.1, 0.15) is 26.2 Å². The van der Waals surface area contributed by atoms with Crippen molar-refractivity contribution in [3.8, 4) is 0 Å². The topological polar surface area (TPSA) is 41.6 Å². The van der Waals surface area contributed by atoms with Crippen LogP contribution in [-0.4, -0.2) is 50.7 Å². The Labute approximate surface area is 104 Å². The molecule has 98 valence electrons. The fraction of sp³-hybridized carbons (Fsp3) is 0.923. The van der Waals surface area contributed by atoms with Gasteiger partial charge in [0.15, 0.2) is 0 Å². The highest BCUT2D eigenvalue weighted by Gasteiger charge is 2.38. The molecule has 1 amide bonds. The van der Waals surface area contributed by atoms with E-state index in [0.717, 1.165) is 52.1 Å². The second-order valence-corrected chi connectivity index (χ2v) is 5.73. The van der Waals surface area contributed by atoms with Gasteiger partial charge in [-0.25, -0.2) is 0 Å². The standard InChI is InChI=1S/C13H24N2O2/c1-13(5-6-14-10-13)12(16)15(2)9-11-3-7-17-8-4-11/h11,14H,3-10H2,1-2H3. The van der Waals surface area contributed by atoms with E-state index in [-0.39, 0.29) is 5.41 Å². The molecule has 2 heterocycles. The van der Waals surface area contributed by atoms with Crippen molar-refractivity contribution >= 4 is 5.91 Å². The summed E-state index contributed by atoms with van der Waals surface area (Å²) in [6, 6.07) is 0. The van der Waals surface area contributed by atoms with Crippen molar-refractivity contribution in [2.45, 2.75) is 26.2 Å². The molecule has 1 unspecified atom stereocenters. The normalized spacial score (nSPS) is 30.5. The molecule has 2 aliphatic heterocycles. The Morgan fingerprint density at radius 1 is 1.47 bits per heavy atom. The van der Waals surface area contributed by atoms with E-state index in [2.05, 4.69) is 12.2 Å². The van der Waals surface area contributed by atoms with E-state index in [0.29, 0.717) is 11.8 Å². The fourth-order valence-corrected chi connectivity index (χ4v) is 2.86. The number of amides is 1. The molecule has 2 aliphatic rings. The van der Waals surface area contributed by atoms with Crippen LogP contribution in [0.3, 0.4) is 0 Å². The number of nitrogens with one attached hydrogen (secondary N) is 1. The summed E-state index contributed by atoms with van der Waals surface area (Å²) in [5, 5.41) is 3.28. The molecule has 2 fully saturated rings. The molecule has 2 saturated heterocycles. The van der Waals surface area contributed by atoms with Gasteiger partial charge in [0.1, 0.15) is 0 Å². The summed E-state index contributed by atoms with van der Waals surface area (Å²) in [5.74, 6) is 0.921. The van der Waals surface area contributed by atoms with Crippen LogP contribution in [0.4, 0.5) is 0 Å². The summed E-state index contributed by atoms with van der Waals surface area (Å²) < 4.78 is 5.35. The van der Waals surface area contributed by atoms with Crippen LogP contribution in [0.5, 0.6) is 0 Å². The van der Waals surface area contributed by atoms with Gasteiger partial charge in [0.25, 0.3) is 0 Å². The number of ether oxygens (including phenoxy) is 1. The highest BCUT2D eigenvalue weighted by molar-refractivity contribution is 5.82. The van der Waals surface area contributed by atoms with Gasteiger partial charge in [-0.05, 0) is 38.6 Å². The van der Waals surface area contributed by atoms with Crippen LogP contribution in [0.15, 0.2) is 0 Å². The first kappa shape index (κ1) is 12.8. The Balaban J connectivity index is 1.85. The lowest BCUT2D eigenvalue weighted by molar-refractivity contribution is -0.139. The molecule has 0 spiro atoms. The van der Waals surface area contributed by atoms with E-state index in [4.69, 9.17) is 4.74 Å². The average molecular weight is 240 g/mol. The van der Waals surface area contributed by atoms with E-state index in [9.17, 15) is 4.79 Å². The lowest BCUT2D eigenvalue weighted by Crippen LogP contribution is -2.44. The highest BCUT2D eigenvalue weighted by atomic mass is 16.5. The van der Waals surface area contributed by atoms with Crippen LogP contribution in [0.25, 0.3) is 0 Å². The monoisotopic (exact) mass is 240 g/mol. The Hall–Kier alpha value is -0.610. The molecule has 1 atom stereocenters. The van der Waals surface area contributed by atoms with Crippen LogP contribution in [0, 0.1) is 11.3 Å². The third-order valence-electron chi connectivity index (χ3n) is 4.10. The summed E-state index contributed by atoms with van der Waals surface area (Å²) in [7, 11) is 1.95. The molecule has 0 saturated carbocycles. The third kappa shape index (κ3) is 2.99. The van der Waals surface area contributed by atoms with E-state index in [1.807, 2.05) is 11.9 Å². The Morgan fingerprint density at radius 3 is 2.76 bits per heavy atom. The van der Waals surface area contributed by atoms with Crippen LogP contribution < -0.4 is 5.32 Å². The summed E-state index contributed by atoms with van der Waals surface area (Å²) >= 11 is 0. The maximum Gasteiger partial charge on any atom is 0.229 e. The molecule has 0 bridgehead atoms. The molecular formula is C13H24N2O2. The zero-order chi connectivity index (χ0) is 12.3. The van der Waals surface area contributed by atoms with Crippen molar-refractivity contribution < 1.29 is 9.53 Å². The average Bonchev–Trinajstić information content (AvgIpc) is 2.78. The molecule has 0 aromatic heterocycles. The number of carbonyl (C=O) groups is 1. The van der Waals surface area contributed by atoms with E-state index < -0.39 is 0 Å². The van der Waals surface area contributed by atoms with E-state index >= 15 is 0 Å². The molecule has 0 aromatic carbocycles. The molecule has 17 heavy (non-hydrogen) atoms. The minimum absolute atomic E-state index is 0.181. The lowest BCUT2D eigenvalue weighted by atomic mass is 9.87. The number of carbonyl (C=O) groups excluding carboxylic acids is 1. The summed E-state index contributed by atoms with van der Waals surface area (Å²) in [6.45, 7) is 6.46. The zero-order valence-corrected chi connectivity index (χ0v) is 11.0. The second kappa shape index (κ2) is 5.36. The van der Waals surface area contributed by atoms with Crippen molar-refractivity contribution in [2.24, 2.45) is 11.3 Å². The first-order valence-corrected chi connectivity index (χ1v) is 6.66. The molecule has 0 aliphatic carbocycles. The van der Waals surface area contributed by atoms with Gasteiger partial charge >= 0.3 is 0 Å². The highest BCUT2D eigenvalue weighted by Crippen LogP contribution is 2.27. The van der Waals surface area contributed by atoms with Crippen molar-refractivity contribution in [3.63, 3.8) is 0 Å². The summed E-state index contributed by atoms with van der Waals surface area (Å²) in [4.78, 5) is 14.3. The van der Waals surface area contributed by atoms with Crippen LogP contribution in [-0.2, 0) is 9.53 Å². The van der Waals surface area contributed by atoms with Gasteiger partial charge < -0.3 is 15.0 Å². The van der Waals surface area contributed by atoms with Crippen molar-refractivity contribution in [3.05, 3.63) is 0 Å². The van der Waals surface area contributed by atoms with Gasteiger partial charge in [-0.3, -0.25) is 4.79 Å². The summed E-state index contributed by atoms with van der Waals surface area (Å²) in [6.07, 6.45) is 3.14. The largest absolute Gasteiger partial charge is 0.381 e. The third-order valence-corrected chi connectivity index (χ3v) is 4.10. The van der Waals surface area contributed by atoms with Gasteiger partial charge in [-0.15, -0.1) is 0 Å². The van der Waals surface area contributed by atoms with Gasteiger partial charge in [0.05, 0.1) is 5.41 Å². The maximum atomic E-state index is 12.4. The fourth-order valence-electron chi connectivity index (χ4n) is 2.86. The molecule has 0 radical (unpaired) electrons. The maximum absolute atomic E-state index is 12.4. The molecule has 1 N–H and O–H groups in total. The molecule has 0 aromatic rings. The molecule has 4 nitrogen and oxygen atoms in total. The first-order valence-electron chi connectivity index (χ1n) is 6.66. The smallest absolute Gasteiger partial charge is 0.229 e. The lowest BCUT2D eigenvalue weighted by Gasteiger charge is -2.32. The van der Waals surface area contributed by atoms with Crippen molar-refractivity contribution in [1.29, 1.82) is 0 Å². The SMILES string of the molecule is CN(CC1CCOCC1)C(=O)C1(C)CCNC1. The number of hydrogen-bond donors (Lipinski definition) is 1. The van der Waals surface area contributed by atoms with E-state index in [1.54, 1.807) is 0 Å². The zero-order valence-electron chi connectivity index (χ0n) is 11.0. The number of nitrogens with zero attached hydrogens (tertiary/aromatic N) is 1. The predicted octanol–water partition coefficient (Wildman–Crippen LogP) is 0.871. The van der Waals surface area contributed by atoms with Crippen molar-refractivity contribution in [1.82, 2.24) is 10.2 Å². The number of hydrogen-bond acceptors (Lipinski definition) is 3. The minimum atomic E-state index is -0.181. The second-order valence-electron chi connectivity index (χ2n) is 5.73. The molecular weight excluding hydrogens is 216 g/mol. The van der Waals surface area contributed by atoms with Gasteiger partial charge in [-0.2, -0.15) is 0 Å². The van der Waals surface area contributed by atoms with Crippen LogP contribution >= 0.6 is 0 Å². The van der Waals surface area contributed by atoms with Gasteiger partial charge in [0.2, 0.25) is 5.91 Å². The van der Waals surface area contributed by atoms with E-state index in [1.165, 1.54) is 0 Å². The Kier molecular flexibility index (Phi) is 4.05. The predicted molar refractivity (Wildman–Crippen MR) is 66.8 cm³/mol. The Bertz CT molecular complexity index is 269. The first-order chi connectivity index (χ1) is 8.12. The number of rotatable bonds is 3. The Morgan fingerprint density at radius 2 is 2.18 bits per heavy atom. The van der Waals surface area contributed by atoms with Gasteiger partial charge in [0, 0.05) is 33.4 Å². The minimum Gasteiger partial charge on any atom is -0.381 e.